The van der Waals surface area contributed by atoms with Crippen LogP contribution in [0.5, 0.6) is 0 Å². The molecular weight excluding hydrogens is 380 g/mol. The molecule has 8 heteroatoms. The number of para-hydroxylation sites is 2. The number of hydrogen-bond donors (Lipinski definition) is 2. The number of aryl methyl sites for hydroxylation is 1. The number of rotatable bonds is 6. The highest BCUT2D eigenvalue weighted by Crippen LogP contribution is 2.27. The molecule has 0 saturated carbocycles. The van der Waals surface area contributed by atoms with Gasteiger partial charge in [-0.15, -0.1) is 0 Å². The minimum absolute atomic E-state index is 0.179. The molecule has 8 nitrogen and oxygen atoms in total. The molecule has 0 saturated heterocycles. The molecule has 0 fully saturated rings. The lowest BCUT2D eigenvalue weighted by atomic mass is 10.2. The Labute approximate surface area is 173 Å². The average molecular weight is 402 g/mol. The highest BCUT2D eigenvalue weighted by atomic mass is 16.5. The zero-order valence-electron chi connectivity index (χ0n) is 16.8. The van der Waals surface area contributed by atoms with Crippen molar-refractivity contribution in [2.45, 2.75) is 6.92 Å². The number of amides is 1. The Hall–Kier alpha value is -3.78. The van der Waals surface area contributed by atoms with E-state index < -0.39 is 0 Å². The van der Waals surface area contributed by atoms with Gasteiger partial charge < -0.3 is 15.8 Å². The number of nitrogens with one attached hydrogen (secondary N) is 1. The highest BCUT2D eigenvalue weighted by molar-refractivity contribution is 6.10. The first kappa shape index (κ1) is 19.5. The predicted octanol–water partition coefficient (Wildman–Crippen LogP) is 2.73. The maximum atomic E-state index is 12.8. The summed E-state index contributed by atoms with van der Waals surface area (Å²) in [7, 11) is 1.57. The van der Waals surface area contributed by atoms with Crippen LogP contribution in [0.15, 0.2) is 53.6 Å². The summed E-state index contributed by atoms with van der Waals surface area (Å²) < 4.78 is 6.46. The molecule has 0 atom stereocenters. The average Bonchev–Trinajstić information content (AvgIpc) is 3.02. The molecule has 2 aromatic heterocycles. The van der Waals surface area contributed by atoms with E-state index in [4.69, 9.17) is 10.5 Å². The summed E-state index contributed by atoms with van der Waals surface area (Å²) in [6.45, 7) is 2.77. The summed E-state index contributed by atoms with van der Waals surface area (Å²) >= 11 is 0. The Balaban J connectivity index is 1.85. The number of hydrogen-bond acceptors (Lipinski definition) is 6. The van der Waals surface area contributed by atoms with E-state index >= 15 is 0 Å². The number of aromatic nitrogens is 3. The van der Waals surface area contributed by atoms with E-state index in [1.807, 2.05) is 55.5 Å². The molecule has 0 radical (unpaired) electrons. The SMILES string of the molecule is COCCNC(=O)c1c(N)n(/N=C\c2ccc(C)cc2)c2nc3ccccc3nc12. The van der Waals surface area contributed by atoms with E-state index in [-0.39, 0.29) is 17.3 Å². The number of fused-ring (bicyclic) bond motifs is 2. The van der Waals surface area contributed by atoms with Gasteiger partial charge in [0.1, 0.15) is 16.9 Å². The number of benzene rings is 2. The summed E-state index contributed by atoms with van der Waals surface area (Å²) in [4.78, 5) is 22.1. The van der Waals surface area contributed by atoms with Gasteiger partial charge in [0.15, 0.2) is 5.65 Å². The summed E-state index contributed by atoms with van der Waals surface area (Å²) in [5, 5.41) is 7.30. The molecule has 0 spiro atoms. The van der Waals surface area contributed by atoms with Crippen molar-refractivity contribution in [3.63, 3.8) is 0 Å². The van der Waals surface area contributed by atoms with Crippen molar-refractivity contribution < 1.29 is 9.53 Å². The van der Waals surface area contributed by atoms with Crippen LogP contribution in [0.4, 0.5) is 5.82 Å². The van der Waals surface area contributed by atoms with Gasteiger partial charge in [0.05, 0.1) is 23.9 Å². The number of carbonyl (C=O) groups is 1. The van der Waals surface area contributed by atoms with Gasteiger partial charge in [0.25, 0.3) is 5.91 Å². The van der Waals surface area contributed by atoms with Gasteiger partial charge in [-0.2, -0.15) is 9.78 Å². The third-order valence-corrected chi connectivity index (χ3v) is 4.69. The van der Waals surface area contributed by atoms with Gasteiger partial charge >= 0.3 is 0 Å². The van der Waals surface area contributed by atoms with Crippen LogP contribution >= 0.6 is 0 Å². The van der Waals surface area contributed by atoms with Crippen molar-refractivity contribution in [2.75, 3.05) is 26.0 Å². The molecule has 2 heterocycles. The molecule has 0 bridgehead atoms. The van der Waals surface area contributed by atoms with Crippen LogP contribution in [0.25, 0.3) is 22.2 Å². The van der Waals surface area contributed by atoms with E-state index in [1.54, 1.807) is 13.3 Å². The van der Waals surface area contributed by atoms with Crippen LogP contribution in [0.2, 0.25) is 0 Å². The van der Waals surface area contributed by atoms with Crippen LogP contribution in [-0.2, 0) is 4.74 Å². The topological polar surface area (TPSA) is 107 Å². The number of nitrogens with two attached hydrogens (primary N) is 1. The molecule has 0 aliphatic rings. The lowest BCUT2D eigenvalue weighted by Crippen LogP contribution is -2.27. The smallest absolute Gasteiger partial charge is 0.257 e. The molecule has 4 aromatic rings. The van der Waals surface area contributed by atoms with Crippen molar-refractivity contribution in [2.24, 2.45) is 5.10 Å². The van der Waals surface area contributed by atoms with Crippen LogP contribution in [0.1, 0.15) is 21.5 Å². The van der Waals surface area contributed by atoms with E-state index in [0.29, 0.717) is 35.3 Å². The first-order valence-electron chi connectivity index (χ1n) is 9.53. The Morgan fingerprint density at radius 2 is 1.87 bits per heavy atom. The number of nitrogens with zero attached hydrogens (tertiary/aromatic N) is 4. The minimum Gasteiger partial charge on any atom is -0.383 e. The van der Waals surface area contributed by atoms with Gasteiger partial charge in [-0.1, -0.05) is 42.0 Å². The quantitative estimate of drug-likeness (QED) is 0.381. The molecule has 0 unspecified atom stereocenters. The van der Waals surface area contributed by atoms with Gasteiger partial charge in [-0.3, -0.25) is 4.79 Å². The van der Waals surface area contributed by atoms with E-state index in [9.17, 15) is 4.79 Å². The van der Waals surface area contributed by atoms with Crippen LogP contribution in [0.3, 0.4) is 0 Å². The lowest BCUT2D eigenvalue weighted by Gasteiger charge is -2.04. The normalized spacial score (nSPS) is 11.5. The second-order valence-corrected chi connectivity index (χ2v) is 6.86. The van der Waals surface area contributed by atoms with Crippen molar-refractivity contribution in [1.82, 2.24) is 20.0 Å². The second-order valence-electron chi connectivity index (χ2n) is 6.86. The number of nitrogen functional groups attached to an aromatic ring is 1. The fourth-order valence-corrected chi connectivity index (χ4v) is 3.12. The molecular formula is C22H22N6O2. The largest absolute Gasteiger partial charge is 0.383 e. The van der Waals surface area contributed by atoms with Crippen molar-refractivity contribution in [1.29, 1.82) is 0 Å². The third kappa shape index (κ3) is 3.72. The molecule has 30 heavy (non-hydrogen) atoms. The Kier molecular flexibility index (Phi) is 5.40. The fraction of sp³-hybridized carbons (Fsp3) is 0.182. The van der Waals surface area contributed by atoms with E-state index in [2.05, 4.69) is 20.4 Å². The first-order valence-corrected chi connectivity index (χ1v) is 9.53. The zero-order chi connectivity index (χ0) is 21.1. The predicted molar refractivity (Wildman–Crippen MR) is 118 cm³/mol. The van der Waals surface area contributed by atoms with Crippen molar-refractivity contribution >= 4 is 40.1 Å². The van der Waals surface area contributed by atoms with Crippen molar-refractivity contribution in [3.05, 3.63) is 65.2 Å². The van der Waals surface area contributed by atoms with Gasteiger partial charge in [-0.25, -0.2) is 9.97 Å². The lowest BCUT2D eigenvalue weighted by molar-refractivity contribution is 0.0939. The molecule has 0 aliphatic carbocycles. The molecule has 3 N–H and O–H groups in total. The molecule has 4 rings (SSSR count). The minimum atomic E-state index is -0.344. The van der Waals surface area contributed by atoms with Gasteiger partial charge in [0, 0.05) is 13.7 Å². The first-order chi connectivity index (χ1) is 14.6. The maximum absolute atomic E-state index is 12.8. The number of ether oxygens (including phenoxy) is 1. The van der Waals surface area contributed by atoms with Gasteiger partial charge in [-0.05, 0) is 24.6 Å². The molecule has 2 aromatic carbocycles. The summed E-state index contributed by atoms with van der Waals surface area (Å²) in [5.74, 6) is -0.165. The number of methoxy groups -OCH3 is 1. The van der Waals surface area contributed by atoms with Crippen molar-refractivity contribution in [3.8, 4) is 0 Å². The number of anilines is 1. The fourth-order valence-electron chi connectivity index (χ4n) is 3.12. The second kappa shape index (κ2) is 8.30. The van der Waals surface area contributed by atoms with E-state index in [0.717, 1.165) is 11.1 Å². The zero-order valence-corrected chi connectivity index (χ0v) is 16.8. The summed E-state index contributed by atoms with van der Waals surface area (Å²) in [5.41, 5.74) is 10.9. The highest BCUT2D eigenvalue weighted by Gasteiger charge is 2.23. The third-order valence-electron chi connectivity index (χ3n) is 4.69. The number of carbonyl (C=O) groups excluding carboxylic acids is 1. The van der Waals surface area contributed by atoms with Crippen LogP contribution < -0.4 is 11.1 Å². The Bertz CT molecular complexity index is 1240. The van der Waals surface area contributed by atoms with E-state index in [1.165, 1.54) is 4.68 Å². The van der Waals surface area contributed by atoms with Crippen LogP contribution in [0, 0.1) is 6.92 Å². The molecule has 1 amide bonds. The molecule has 152 valence electrons. The maximum Gasteiger partial charge on any atom is 0.257 e. The summed E-state index contributed by atoms with van der Waals surface area (Å²) in [6, 6.07) is 15.4. The molecule has 0 aliphatic heterocycles. The standard InChI is InChI=1S/C22H22N6O2/c1-14-7-9-15(10-8-14)13-25-28-20(23)18(22(29)24-11-12-30-2)19-21(28)27-17-6-4-3-5-16(17)26-19/h3-10,13H,11-12,23H2,1-2H3,(H,24,29)/b25-13-. The Morgan fingerprint density at radius 1 is 1.17 bits per heavy atom. The van der Waals surface area contributed by atoms with Crippen LogP contribution in [-0.4, -0.2) is 47.0 Å². The summed E-state index contributed by atoms with van der Waals surface area (Å²) in [6.07, 6.45) is 1.68. The van der Waals surface area contributed by atoms with Gasteiger partial charge in [0.2, 0.25) is 0 Å². The monoisotopic (exact) mass is 402 g/mol. The Morgan fingerprint density at radius 3 is 2.57 bits per heavy atom.